The lowest BCUT2D eigenvalue weighted by Gasteiger charge is -2.02. The molecule has 0 aliphatic heterocycles. The Morgan fingerprint density at radius 1 is 1.50 bits per heavy atom. The fraction of sp³-hybridized carbons (Fsp3) is 0.429. The second-order valence-corrected chi connectivity index (χ2v) is 3.32. The minimum absolute atomic E-state index is 0.191. The number of aryl methyl sites for hydroxylation is 1. The van der Waals surface area contributed by atoms with Crippen LogP contribution in [0.4, 0.5) is 0 Å². The highest BCUT2D eigenvalue weighted by atomic mass is 32.2. The first-order chi connectivity index (χ1) is 5.79. The van der Waals surface area contributed by atoms with Gasteiger partial charge < -0.3 is 4.55 Å². The molecule has 5 heteroatoms. The lowest BCUT2D eigenvalue weighted by Crippen LogP contribution is -1.98. The van der Waals surface area contributed by atoms with Gasteiger partial charge >= 0.3 is 0 Å². The maximum Gasteiger partial charge on any atom is 0.0586 e. The number of hydrogen-bond acceptors (Lipinski definition) is 4. The van der Waals surface area contributed by atoms with Crippen LogP contribution in [0, 0.1) is 0 Å². The molecule has 66 valence electrons. The molecule has 1 heterocycles. The molecule has 0 bridgehead atoms. The molecule has 1 rings (SSSR count). The summed E-state index contributed by atoms with van der Waals surface area (Å²) < 4.78 is 20.3. The van der Waals surface area contributed by atoms with Gasteiger partial charge in [0.2, 0.25) is 0 Å². The molecule has 0 fully saturated rings. The van der Waals surface area contributed by atoms with E-state index in [1.807, 2.05) is 0 Å². The van der Waals surface area contributed by atoms with Gasteiger partial charge in [-0.3, -0.25) is 14.2 Å². The monoisotopic (exact) mass is 185 g/mol. The van der Waals surface area contributed by atoms with Crippen molar-refractivity contribution in [2.75, 3.05) is 5.75 Å². The van der Waals surface area contributed by atoms with Crippen LogP contribution >= 0.6 is 0 Å². The first kappa shape index (κ1) is 9.28. The largest absolute Gasteiger partial charge is 0.772 e. The molecule has 1 aromatic heterocycles. The van der Waals surface area contributed by atoms with Crippen molar-refractivity contribution in [1.29, 1.82) is 0 Å². The number of rotatable bonds is 4. The van der Waals surface area contributed by atoms with E-state index in [0.29, 0.717) is 12.8 Å². The van der Waals surface area contributed by atoms with E-state index >= 15 is 0 Å². The van der Waals surface area contributed by atoms with Crippen molar-refractivity contribution in [1.82, 2.24) is 9.97 Å². The smallest absolute Gasteiger partial charge is 0.0586 e. The maximum absolute atomic E-state index is 10.2. The zero-order valence-electron chi connectivity index (χ0n) is 6.47. The second kappa shape index (κ2) is 4.95. The maximum atomic E-state index is 10.2. The molecule has 0 aliphatic carbocycles. The third kappa shape index (κ3) is 3.54. The molecule has 1 aromatic rings. The fourth-order valence-electron chi connectivity index (χ4n) is 0.830. The predicted molar refractivity (Wildman–Crippen MR) is 44.1 cm³/mol. The van der Waals surface area contributed by atoms with Gasteiger partial charge in [0, 0.05) is 24.3 Å². The minimum atomic E-state index is -1.94. The minimum Gasteiger partial charge on any atom is -0.772 e. The van der Waals surface area contributed by atoms with Gasteiger partial charge in [-0.2, -0.15) is 0 Å². The quantitative estimate of drug-likeness (QED) is 0.632. The van der Waals surface area contributed by atoms with E-state index in [-0.39, 0.29) is 5.75 Å². The van der Waals surface area contributed by atoms with Gasteiger partial charge in [-0.05, 0) is 12.8 Å². The Bertz CT molecular complexity index is 253. The first-order valence-corrected chi connectivity index (χ1v) is 4.84. The Kier molecular flexibility index (Phi) is 3.83. The van der Waals surface area contributed by atoms with Crippen LogP contribution in [0.25, 0.3) is 0 Å². The van der Waals surface area contributed by atoms with Gasteiger partial charge in [0.15, 0.2) is 0 Å². The Morgan fingerprint density at radius 2 is 2.33 bits per heavy atom. The van der Waals surface area contributed by atoms with Crippen LogP contribution in [-0.2, 0) is 17.5 Å². The zero-order chi connectivity index (χ0) is 8.81. The highest BCUT2D eigenvalue weighted by Crippen LogP contribution is 1.96. The van der Waals surface area contributed by atoms with E-state index in [0.717, 1.165) is 5.69 Å². The molecule has 0 spiro atoms. The first-order valence-electron chi connectivity index (χ1n) is 3.60. The Morgan fingerprint density at radius 3 is 2.92 bits per heavy atom. The number of aromatic nitrogens is 2. The van der Waals surface area contributed by atoms with E-state index in [1.54, 1.807) is 18.6 Å². The van der Waals surface area contributed by atoms with E-state index < -0.39 is 11.1 Å². The van der Waals surface area contributed by atoms with Crippen molar-refractivity contribution in [2.24, 2.45) is 0 Å². The van der Waals surface area contributed by atoms with Crippen molar-refractivity contribution in [3.8, 4) is 0 Å². The summed E-state index contributed by atoms with van der Waals surface area (Å²) in [4.78, 5) is 7.88. The van der Waals surface area contributed by atoms with Gasteiger partial charge in [0.1, 0.15) is 0 Å². The summed E-state index contributed by atoms with van der Waals surface area (Å²) in [7, 11) is 0. The summed E-state index contributed by atoms with van der Waals surface area (Å²) in [5.41, 5.74) is 0.836. The van der Waals surface area contributed by atoms with Crippen molar-refractivity contribution in [2.45, 2.75) is 12.8 Å². The van der Waals surface area contributed by atoms with E-state index in [1.165, 1.54) is 0 Å². The molecule has 4 nitrogen and oxygen atoms in total. The van der Waals surface area contributed by atoms with Crippen LogP contribution in [0.15, 0.2) is 18.6 Å². The Labute approximate surface area is 73.3 Å². The molecular weight excluding hydrogens is 176 g/mol. The summed E-state index contributed by atoms with van der Waals surface area (Å²) >= 11 is -1.94. The molecule has 0 N–H and O–H groups in total. The third-order valence-corrected chi connectivity index (χ3v) is 1.98. The molecule has 0 saturated carbocycles. The molecule has 0 radical (unpaired) electrons. The van der Waals surface area contributed by atoms with Crippen LogP contribution in [-0.4, -0.2) is 24.5 Å². The predicted octanol–water partition coefficient (Wildman–Crippen LogP) is 0.288. The molecule has 12 heavy (non-hydrogen) atoms. The average Bonchev–Trinajstić information content (AvgIpc) is 2.05. The summed E-state index contributed by atoms with van der Waals surface area (Å²) in [5.74, 6) is 0.191. The highest BCUT2D eigenvalue weighted by Gasteiger charge is 1.93. The van der Waals surface area contributed by atoms with Gasteiger partial charge in [-0.1, -0.05) is 11.1 Å². The van der Waals surface area contributed by atoms with Crippen LogP contribution in [0.5, 0.6) is 0 Å². The molecule has 0 saturated heterocycles. The van der Waals surface area contributed by atoms with Crippen LogP contribution in [0.2, 0.25) is 0 Å². The van der Waals surface area contributed by atoms with Crippen LogP contribution in [0.1, 0.15) is 12.1 Å². The van der Waals surface area contributed by atoms with Gasteiger partial charge in [0.25, 0.3) is 0 Å². The standard InChI is InChI=1S/C7H10N2O2S/c10-12(11)5-1-2-7-6-8-3-4-9-7/h3-4,6H,1-2,5H2,(H,10,11)/p-1. The highest BCUT2D eigenvalue weighted by molar-refractivity contribution is 7.79. The number of hydrogen-bond donors (Lipinski definition) is 0. The molecular formula is C7H9N2O2S-. The number of nitrogens with zero attached hydrogens (tertiary/aromatic N) is 2. The van der Waals surface area contributed by atoms with Crippen molar-refractivity contribution < 1.29 is 8.76 Å². The van der Waals surface area contributed by atoms with E-state index in [9.17, 15) is 8.76 Å². The topological polar surface area (TPSA) is 65.9 Å². The summed E-state index contributed by atoms with van der Waals surface area (Å²) in [6.45, 7) is 0. The van der Waals surface area contributed by atoms with Gasteiger partial charge in [0.05, 0.1) is 5.69 Å². The average molecular weight is 185 g/mol. The fourth-order valence-corrected chi connectivity index (χ4v) is 1.21. The van der Waals surface area contributed by atoms with Crippen LogP contribution < -0.4 is 0 Å². The van der Waals surface area contributed by atoms with Gasteiger partial charge in [-0.25, -0.2) is 0 Å². The molecule has 0 amide bonds. The van der Waals surface area contributed by atoms with E-state index in [4.69, 9.17) is 0 Å². The van der Waals surface area contributed by atoms with Crippen molar-refractivity contribution in [3.63, 3.8) is 0 Å². The van der Waals surface area contributed by atoms with Crippen LogP contribution in [0.3, 0.4) is 0 Å². The normalized spacial score (nSPS) is 12.8. The SMILES string of the molecule is O=S([O-])CCCc1cnccn1. The third-order valence-electron chi connectivity index (χ3n) is 1.36. The van der Waals surface area contributed by atoms with E-state index in [2.05, 4.69) is 9.97 Å². The lowest BCUT2D eigenvalue weighted by atomic mass is 10.3. The molecule has 1 unspecified atom stereocenters. The second-order valence-electron chi connectivity index (χ2n) is 2.31. The zero-order valence-corrected chi connectivity index (χ0v) is 7.29. The van der Waals surface area contributed by atoms with Crippen molar-refractivity contribution >= 4 is 11.1 Å². The van der Waals surface area contributed by atoms with Crippen molar-refractivity contribution in [3.05, 3.63) is 24.3 Å². The summed E-state index contributed by atoms with van der Waals surface area (Å²) in [6.07, 6.45) is 6.11. The Balaban J connectivity index is 2.29. The Hall–Kier alpha value is -0.810. The summed E-state index contributed by atoms with van der Waals surface area (Å²) in [5, 5.41) is 0. The molecule has 1 atom stereocenters. The summed E-state index contributed by atoms with van der Waals surface area (Å²) in [6, 6.07) is 0. The lowest BCUT2D eigenvalue weighted by molar-refractivity contribution is 0.534. The molecule has 0 aromatic carbocycles. The van der Waals surface area contributed by atoms with Gasteiger partial charge in [-0.15, -0.1) is 0 Å². The molecule has 0 aliphatic rings.